The first-order chi connectivity index (χ1) is 11.8. The number of amides is 1. The number of benzene rings is 1. The second-order valence-corrected chi connectivity index (χ2v) is 8.42. The van der Waals surface area contributed by atoms with Gasteiger partial charge in [-0.3, -0.25) is 9.48 Å². The van der Waals surface area contributed by atoms with Crippen LogP contribution in [0.15, 0.2) is 35.5 Å². The molecule has 0 aliphatic carbocycles. The lowest BCUT2D eigenvalue weighted by molar-refractivity contribution is -0.116. The number of sulfonamides is 1. The van der Waals surface area contributed by atoms with Crippen molar-refractivity contribution in [3.05, 3.63) is 41.7 Å². The highest BCUT2D eigenvalue weighted by molar-refractivity contribution is 7.89. The van der Waals surface area contributed by atoms with Gasteiger partial charge in [0, 0.05) is 43.5 Å². The molecular weight excluding hydrogens is 340 g/mol. The molecule has 3 rings (SSSR count). The van der Waals surface area contributed by atoms with E-state index in [1.807, 2.05) is 20.0 Å². The zero-order valence-corrected chi connectivity index (χ0v) is 15.4. The Morgan fingerprint density at radius 3 is 2.72 bits per heavy atom. The van der Waals surface area contributed by atoms with E-state index in [9.17, 15) is 13.2 Å². The minimum atomic E-state index is -3.65. The van der Waals surface area contributed by atoms with Gasteiger partial charge in [0.05, 0.1) is 11.1 Å². The summed E-state index contributed by atoms with van der Waals surface area (Å²) in [5, 5.41) is 6.88. The van der Waals surface area contributed by atoms with Crippen LogP contribution >= 0.6 is 0 Å². The van der Waals surface area contributed by atoms with Crippen LogP contribution < -0.4 is 5.32 Å². The smallest absolute Gasteiger partial charge is 0.243 e. The molecule has 0 unspecified atom stereocenters. The number of nitrogens with zero attached hydrogens (tertiary/aromatic N) is 3. The molecule has 8 heteroatoms. The van der Waals surface area contributed by atoms with Crippen molar-refractivity contribution in [2.24, 2.45) is 7.05 Å². The minimum absolute atomic E-state index is 0.0384. The van der Waals surface area contributed by atoms with Crippen LogP contribution in [0.3, 0.4) is 0 Å². The van der Waals surface area contributed by atoms with Gasteiger partial charge in [-0.2, -0.15) is 9.40 Å². The molecular formula is C17H22N4O3S. The van der Waals surface area contributed by atoms with Gasteiger partial charge in [0.2, 0.25) is 15.9 Å². The Morgan fingerprint density at radius 2 is 2.08 bits per heavy atom. The fraction of sp³-hybridized carbons (Fsp3) is 0.412. The molecule has 0 fully saturated rings. The Balaban J connectivity index is 1.94. The molecule has 0 radical (unpaired) electrons. The molecule has 0 saturated carbocycles. The summed E-state index contributed by atoms with van der Waals surface area (Å²) in [6, 6.07) is 4.70. The highest BCUT2D eigenvalue weighted by Gasteiger charge is 2.29. The first-order valence-electron chi connectivity index (χ1n) is 8.19. The van der Waals surface area contributed by atoms with Crippen molar-refractivity contribution in [3.63, 3.8) is 0 Å². The molecule has 0 saturated heterocycles. The standard InChI is InChI=1S/C17H22N4O3S/c1-12(2)21(11-13-9-18-20(3)10-13)25(23,24)15-5-6-16-14(8-15)4-7-17(22)19-16/h5-6,8-10,12H,4,7,11H2,1-3H3,(H,19,22). The molecule has 1 N–H and O–H groups in total. The van der Waals surface area contributed by atoms with Crippen LogP contribution in [0.1, 0.15) is 31.4 Å². The number of nitrogens with one attached hydrogen (secondary N) is 1. The Kier molecular flexibility index (Phi) is 4.66. The zero-order chi connectivity index (χ0) is 18.2. The van der Waals surface area contributed by atoms with E-state index in [0.717, 1.165) is 11.1 Å². The Hall–Kier alpha value is -2.19. The quantitative estimate of drug-likeness (QED) is 0.880. The van der Waals surface area contributed by atoms with Crippen LogP contribution in [0.2, 0.25) is 0 Å². The average molecular weight is 362 g/mol. The molecule has 0 atom stereocenters. The second-order valence-electron chi connectivity index (χ2n) is 6.53. The Labute approximate surface area is 147 Å². The summed E-state index contributed by atoms with van der Waals surface area (Å²) in [5.74, 6) is -0.0384. The topological polar surface area (TPSA) is 84.3 Å². The summed E-state index contributed by atoms with van der Waals surface area (Å²) in [7, 11) is -1.85. The van der Waals surface area contributed by atoms with Crippen molar-refractivity contribution < 1.29 is 13.2 Å². The van der Waals surface area contributed by atoms with Gasteiger partial charge in [0.15, 0.2) is 0 Å². The summed E-state index contributed by atoms with van der Waals surface area (Å²) < 4.78 is 29.4. The molecule has 7 nitrogen and oxygen atoms in total. The highest BCUT2D eigenvalue weighted by Crippen LogP contribution is 2.28. The molecule has 1 aliphatic heterocycles. The van der Waals surface area contributed by atoms with Crippen molar-refractivity contribution in [2.45, 2.75) is 44.2 Å². The van der Waals surface area contributed by atoms with E-state index < -0.39 is 10.0 Å². The van der Waals surface area contributed by atoms with Gasteiger partial charge >= 0.3 is 0 Å². The number of aromatic nitrogens is 2. The van der Waals surface area contributed by atoms with Gasteiger partial charge in [-0.05, 0) is 44.0 Å². The summed E-state index contributed by atoms with van der Waals surface area (Å²) in [5.41, 5.74) is 2.38. The number of hydrogen-bond acceptors (Lipinski definition) is 4. The van der Waals surface area contributed by atoms with E-state index in [2.05, 4.69) is 10.4 Å². The fourth-order valence-electron chi connectivity index (χ4n) is 2.93. The molecule has 25 heavy (non-hydrogen) atoms. The van der Waals surface area contributed by atoms with Gasteiger partial charge in [-0.25, -0.2) is 8.42 Å². The molecule has 2 aromatic rings. The van der Waals surface area contributed by atoms with Crippen LogP contribution in [0, 0.1) is 0 Å². The monoisotopic (exact) mass is 362 g/mol. The number of rotatable bonds is 5. The highest BCUT2D eigenvalue weighted by atomic mass is 32.2. The molecule has 134 valence electrons. The maximum Gasteiger partial charge on any atom is 0.243 e. The van der Waals surface area contributed by atoms with Crippen molar-refractivity contribution in [3.8, 4) is 0 Å². The predicted octanol–water partition coefficient (Wildman–Crippen LogP) is 1.90. The van der Waals surface area contributed by atoms with E-state index in [1.54, 1.807) is 36.1 Å². The predicted molar refractivity (Wildman–Crippen MR) is 94.5 cm³/mol. The number of anilines is 1. The van der Waals surface area contributed by atoms with Crippen molar-refractivity contribution in [2.75, 3.05) is 5.32 Å². The number of carbonyl (C=O) groups excluding carboxylic acids is 1. The van der Waals surface area contributed by atoms with Crippen LogP contribution in [-0.4, -0.2) is 34.5 Å². The number of carbonyl (C=O) groups is 1. The maximum absolute atomic E-state index is 13.1. The van der Waals surface area contributed by atoms with Crippen molar-refractivity contribution in [1.29, 1.82) is 0 Å². The first-order valence-corrected chi connectivity index (χ1v) is 9.63. The van der Waals surface area contributed by atoms with Crippen LogP contribution in [0.25, 0.3) is 0 Å². The molecule has 1 aromatic carbocycles. The van der Waals surface area contributed by atoms with Gasteiger partial charge in [-0.1, -0.05) is 0 Å². The third-order valence-corrected chi connectivity index (χ3v) is 6.27. The fourth-order valence-corrected chi connectivity index (χ4v) is 4.61. The third-order valence-electron chi connectivity index (χ3n) is 4.25. The van der Waals surface area contributed by atoms with E-state index in [-0.39, 0.29) is 23.4 Å². The lowest BCUT2D eigenvalue weighted by atomic mass is 10.0. The summed E-state index contributed by atoms with van der Waals surface area (Å²) in [4.78, 5) is 11.7. The maximum atomic E-state index is 13.1. The van der Waals surface area contributed by atoms with Crippen molar-refractivity contribution in [1.82, 2.24) is 14.1 Å². The van der Waals surface area contributed by atoms with E-state index in [1.165, 1.54) is 4.31 Å². The van der Waals surface area contributed by atoms with Gasteiger partial charge in [-0.15, -0.1) is 0 Å². The normalized spacial score (nSPS) is 14.7. The molecule has 1 amide bonds. The molecule has 2 heterocycles. The lowest BCUT2D eigenvalue weighted by Gasteiger charge is -2.26. The first kappa shape index (κ1) is 17.6. The Morgan fingerprint density at radius 1 is 1.32 bits per heavy atom. The van der Waals surface area contributed by atoms with Crippen LogP contribution in [0.4, 0.5) is 5.69 Å². The number of hydrogen-bond donors (Lipinski definition) is 1. The molecule has 0 spiro atoms. The third kappa shape index (κ3) is 3.59. The Bertz CT molecular complexity index is 902. The average Bonchev–Trinajstić information content (AvgIpc) is 2.96. The number of fused-ring (bicyclic) bond motifs is 1. The minimum Gasteiger partial charge on any atom is -0.326 e. The SMILES string of the molecule is CC(C)N(Cc1cnn(C)c1)S(=O)(=O)c1ccc2c(c1)CCC(=O)N2. The van der Waals surface area contributed by atoms with Crippen LogP contribution in [0.5, 0.6) is 0 Å². The van der Waals surface area contributed by atoms with Gasteiger partial charge in [0.1, 0.15) is 0 Å². The van der Waals surface area contributed by atoms with E-state index in [4.69, 9.17) is 0 Å². The summed E-state index contributed by atoms with van der Waals surface area (Å²) >= 11 is 0. The molecule has 1 aromatic heterocycles. The van der Waals surface area contributed by atoms with Gasteiger partial charge < -0.3 is 5.32 Å². The zero-order valence-electron chi connectivity index (χ0n) is 14.6. The van der Waals surface area contributed by atoms with Crippen LogP contribution in [-0.2, 0) is 34.8 Å². The van der Waals surface area contributed by atoms with E-state index in [0.29, 0.717) is 18.5 Å². The lowest BCUT2D eigenvalue weighted by Crippen LogP contribution is -2.36. The van der Waals surface area contributed by atoms with E-state index >= 15 is 0 Å². The molecule has 0 bridgehead atoms. The summed E-state index contributed by atoms with van der Waals surface area (Å²) in [6.07, 6.45) is 4.41. The summed E-state index contributed by atoms with van der Waals surface area (Å²) in [6.45, 7) is 3.97. The largest absolute Gasteiger partial charge is 0.326 e. The van der Waals surface area contributed by atoms with Crippen molar-refractivity contribution >= 4 is 21.6 Å². The second kappa shape index (κ2) is 6.61. The molecule has 1 aliphatic rings. The van der Waals surface area contributed by atoms with Gasteiger partial charge in [0.25, 0.3) is 0 Å². The number of aryl methyl sites for hydroxylation is 2.